The lowest BCUT2D eigenvalue weighted by Crippen LogP contribution is -2.20. The Morgan fingerprint density at radius 1 is 1.12 bits per heavy atom. The number of carbonyl (C=O) groups is 1. The number of thioether (sulfide) groups is 1. The van der Waals surface area contributed by atoms with E-state index in [9.17, 15) is 18.0 Å². The van der Waals surface area contributed by atoms with Crippen LogP contribution in [0.15, 0.2) is 70.5 Å². The van der Waals surface area contributed by atoms with Crippen molar-refractivity contribution in [3.63, 3.8) is 0 Å². The maximum absolute atomic E-state index is 13.1. The second-order valence-electron chi connectivity index (χ2n) is 7.08. The van der Waals surface area contributed by atoms with E-state index in [1.54, 1.807) is 43.6 Å². The Labute approximate surface area is 191 Å². The molecule has 33 heavy (non-hydrogen) atoms. The van der Waals surface area contributed by atoms with Crippen LogP contribution in [0.1, 0.15) is 21.7 Å². The van der Waals surface area contributed by atoms with Gasteiger partial charge in [0.25, 0.3) is 5.91 Å². The molecule has 4 rings (SSSR count). The van der Waals surface area contributed by atoms with Crippen molar-refractivity contribution in [2.45, 2.75) is 24.0 Å². The van der Waals surface area contributed by atoms with Gasteiger partial charge in [0.05, 0.1) is 5.69 Å². The molecule has 0 spiro atoms. The molecule has 0 atom stereocenters. The molecule has 170 valence electrons. The maximum atomic E-state index is 13.1. The summed E-state index contributed by atoms with van der Waals surface area (Å²) < 4.78 is 48.7. The molecule has 0 bridgehead atoms. The molecule has 2 aromatic heterocycles. The largest absolute Gasteiger partial charge is 0.482 e. The Balaban J connectivity index is 1.62. The van der Waals surface area contributed by atoms with Gasteiger partial charge in [0.1, 0.15) is 11.3 Å². The Morgan fingerprint density at radius 3 is 2.64 bits per heavy atom. The molecule has 0 aliphatic heterocycles. The second kappa shape index (κ2) is 9.53. The summed E-state index contributed by atoms with van der Waals surface area (Å²) in [5, 5.41) is 3.92. The number of hydrogen-bond donors (Lipinski definition) is 1. The van der Waals surface area contributed by atoms with E-state index in [-0.39, 0.29) is 17.2 Å². The minimum absolute atomic E-state index is 0.0574. The Morgan fingerprint density at radius 2 is 1.88 bits per heavy atom. The van der Waals surface area contributed by atoms with Gasteiger partial charge in [-0.05, 0) is 36.8 Å². The number of nitrogens with one attached hydrogen (secondary N) is 1. The number of amides is 1. The number of anilines is 1. The topological polar surface area (TPSA) is 77.3 Å². The molecular formula is C23H18F3N3O3S. The molecule has 0 aliphatic carbocycles. The molecule has 0 saturated heterocycles. The normalized spacial score (nSPS) is 11.5. The van der Waals surface area contributed by atoms with Crippen molar-refractivity contribution in [3.8, 4) is 5.75 Å². The van der Waals surface area contributed by atoms with Crippen LogP contribution < -0.4 is 10.1 Å². The van der Waals surface area contributed by atoms with E-state index in [2.05, 4.69) is 15.3 Å². The Kier molecular flexibility index (Phi) is 6.55. The molecule has 0 saturated carbocycles. The standard InChI is InChI=1S/C23H18F3N3O3S/c1-14-7-8-17(19(11-14)31-13-23(24,25)26)29-21(30)20-16(12-33-22-27-9-4-10-28-22)15-5-2-3-6-18(15)32-20/h2-11H,12-13H2,1H3,(H,29,30). The molecule has 0 aliphatic rings. The van der Waals surface area contributed by atoms with Crippen LogP contribution in [0.5, 0.6) is 5.75 Å². The fraction of sp³-hybridized carbons (Fsp3) is 0.174. The van der Waals surface area contributed by atoms with Gasteiger partial charge in [0, 0.05) is 29.1 Å². The highest BCUT2D eigenvalue weighted by Gasteiger charge is 2.29. The smallest absolute Gasteiger partial charge is 0.422 e. The third-order valence-corrected chi connectivity index (χ3v) is 5.47. The predicted molar refractivity (Wildman–Crippen MR) is 118 cm³/mol. The lowest BCUT2D eigenvalue weighted by Gasteiger charge is -2.14. The SMILES string of the molecule is Cc1ccc(NC(=O)c2oc3ccccc3c2CSc2ncccn2)c(OCC(F)(F)F)c1. The number of ether oxygens (including phenoxy) is 1. The second-order valence-corrected chi connectivity index (χ2v) is 8.03. The van der Waals surface area contributed by atoms with E-state index in [1.165, 1.54) is 23.9 Å². The Bertz CT molecular complexity index is 1280. The zero-order valence-corrected chi connectivity index (χ0v) is 18.2. The number of alkyl halides is 3. The first-order chi connectivity index (χ1) is 15.8. The number of hydrogen-bond acceptors (Lipinski definition) is 6. The fourth-order valence-corrected chi connectivity index (χ4v) is 3.94. The van der Waals surface area contributed by atoms with Gasteiger partial charge in [-0.3, -0.25) is 4.79 Å². The van der Waals surface area contributed by atoms with Crippen LogP contribution in [-0.4, -0.2) is 28.7 Å². The van der Waals surface area contributed by atoms with Crippen molar-refractivity contribution in [1.82, 2.24) is 9.97 Å². The lowest BCUT2D eigenvalue weighted by molar-refractivity contribution is -0.153. The molecular weight excluding hydrogens is 455 g/mol. The minimum atomic E-state index is -4.51. The number of aromatic nitrogens is 2. The number of furan rings is 1. The molecule has 2 aromatic carbocycles. The average molecular weight is 473 g/mol. The van der Waals surface area contributed by atoms with E-state index in [1.807, 2.05) is 12.1 Å². The molecule has 4 aromatic rings. The van der Waals surface area contributed by atoms with Crippen molar-refractivity contribution in [3.05, 3.63) is 77.8 Å². The minimum Gasteiger partial charge on any atom is -0.482 e. The fourth-order valence-electron chi connectivity index (χ4n) is 3.11. The molecule has 0 radical (unpaired) electrons. The van der Waals surface area contributed by atoms with E-state index in [4.69, 9.17) is 9.15 Å². The number of rotatable bonds is 7. The van der Waals surface area contributed by atoms with Gasteiger partial charge in [-0.2, -0.15) is 13.2 Å². The van der Waals surface area contributed by atoms with Crippen molar-refractivity contribution < 1.29 is 27.1 Å². The molecule has 1 N–H and O–H groups in total. The van der Waals surface area contributed by atoms with Gasteiger partial charge in [-0.25, -0.2) is 9.97 Å². The third kappa shape index (κ3) is 5.64. The summed E-state index contributed by atoms with van der Waals surface area (Å²) in [7, 11) is 0. The van der Waals surface area contributed by atoms with Crippen molar-refractivity contribution in [2.75, 3.05) is 11.9 Å². The highest BCUT2D eigenvalue weighted by molar-refractivity contribution is 7.98. The van der Waals surface area contributed by atoms with Crippen LogP contribution in [0.3, 0.4) is 0 Å². The van der Waals surface area contributed by atoms with Gasteiger partial charge in [-0.1, -0.05) is 36.0 Å². The van der Waals surface area contributed by atoms with Gasteiger partial charge in [0.2, 0.25) is 0 Å². The van der Waals surface area contributed by atoms with Crippen molar-refractivity contribution in [1.29, 1.82) is 0 Å². The van der Waals surface area contributed by atoms with E-state index in [0.717, 1.165) is 5.39 Å². The maximum Gasteiger partial charge on any atom is 0.422 e. The van der Waals surface area contributed by atoms with E-state index >= 15 is 0 Å². The summed E-state index contributed by atoms with van der Waals surface area (Å²) in [6, 6.07) is 13.5. The lowest BCUT2D eigenvalue weighted by atomic mass is 10.1. The van der Waals surface area contributed by atoms with Gasteiger partial charge in [-0.15, -0.1) is 0 Å². The summed E-state index contributed by atoms with van der Waals surface area (Å²) in [6.45, 7) is 0.245. The molecule has 1 amide bonds. The summed E-state index contributed by atoms with van der Waals surface area (Å²) in [4.78, 5) is 21.5. The number of aryl methyl sites for hydroxylation is 1. The Hall–Kier alpha value is -3.53. The quantitative estimate of drug-likeness (QED) is 0.261. The summed E-state index contributed by atoms with van der Waals surface area (Å²) >= 11 is 1.33. The van der Waals surface area contributed by atoms with Gasteiger partial charge >= 0.3 is 6.18 Å². The average Bonchev–Trinajstić information content (AvgIpc) is 3.17. The van der Waals surface area contributed by atoms with Crippen LogP contribution >= 0.6 is 11.8 Å². The first kappa shape index (κ1) is 22.7. The van der Waals surface area contributed by atoms with Gasteiger partial charge in [0.15, 0.2) is 17.5 Å². The third-order valence-electron chi connectivity index (χ3n) is 4.57. The number of para-hydroxylation sites is 1. The van der Waals surface area contributed by atoms with Crippen molar-refractivity contribution in [2.24, 2.45) is 0 Å². The van der Waals surface area contributed by atoms with Crippen LogP contribution in [0.25, 0.3) is 11.0 Å². The highest BCUT2D eigenvalue weighted by atomic mass is 32.2. The van der Waals surface area contributed by atoms with Crippen LogP contribution in [0.2, 0.25) is 0 Å². The number of nitrogens with zero attached hydrogens (tertiary/aromatic N) is 2. The van der Waals surface area contributed by atoms with E-state index in [0.29, 0.717) is 27.6 Å². The number of benzene rings is 2. The first-order valence-corrected chi connectivity index (χ1v) is 10.8. The molecule has 0 unspecified atom stereocenters. The number of carbonyl (C=O) groups excluding carboxylic acids is 1. The monoisotopic (exact) mass is 473 g/mol. The molecule has 10 heteroatoms. The van der Waals surface area contributed by atoms with Crippen LogP contribution in [0.4, 0.5) is 18.9 Å². The van der Waals surface area contributed by atoms with E-state index < -0.39 is 18.7 Å². The predicted octanol–water partition coefficient (Wildman–Crippen LogP) is 6.02. The van der Waals surface area contributed by atoms with Crippen LogP contribution in [0, 0.1) is 6.92 Å². The molecule has 2 heterocycles. The summed E-state index contributed by atoms with van der Waals surface area (Å²) in [6.07, 6.45) is -1.26. The molecule has 0 fully saturated rings. The summed E-state index contributed by atoms with van der Waals surface area (Å²) in [5.41, 5.74) is 1.95. The number of halogens is 3. The summed E-state index contributed by atoms with van der Waals surface area (Å²) in [5.74, 6) is -0.265. The van der Waals surface area contributed by atoms with Gasteiger partial charge < -0.3 is 14.5 Å². The molecule has 6 nitrogen and oxygen atoms in total. The zero-order valence-electron chi connectivity index (χ0n) is 17.3. The van der Waals surface area contributed by atoms with Crippen molar-refractivity contribution >= 4 is 34.3 Å². The zero-order chi connectivity index (χ0) is 23.4. The first-order valence-electron chi connectivity index (χ1n) is 9.82. The number of fused-ring (bicyclic) bond motifs is 1. The van der Waals surface area contributed by atoms with Crippen LogP contribution in [-0.2, 0) is 5.75 Å². The highest BCUT2D eigenvalue weighted by Crippen LogP contribution is 2.33.